The number of hydrogen-bond donors (Lipinski definition) is 1. The highest BCUT2D eigenvalue weighted by Crippen LogP contribution is 2.25. The molecule has 1 fully saturated rings. The number of unbranched alkanes of at least 4 members (excludes halogenated alkanes) is 1. The molecule has 1 saturated heterocycles. The maximum absolute atomic E-state index is 12.9. The first-order valence-electron chi connectivity index (χ1n) is 11.4. The van der Waals surface area contributed by atoms with E-state index in [0.29, 0.717) is 43.3 Å². The van der Waals surface area contributed by atoms with Gasteiger partial charge in [0, 0.05) is 30.1 Å². The summed E-state index contributed by atoms with van der Waals surface area (Å²) in [4.78, 5) is 18.2. The number of para-hydroxylation sites is 2. The van der Waals surface area contributed by atoms with E-state index >= 15 is 0 Å². The quantitative estimate of drug-likeness (QED) is 0.243. The molecular formula is C25H28ClN3O5S. The van der Waals surface area contributed by atoms with Crippen LogP contribution in [0.4, 0.5) is 0 Å². The minimum Gasteiger partial charge on any atom is -0.469 e. The molecule has 10 heteroatoms. The van der Waals surface area contributed by atoms with E-state index in [9.17, 15) is 13.2 Å². The van der Waals surface area contributed by atoms with Crippen molar-refractivity contribution in [1.29, 1.82) is 0 Å². The summed E-state index contributed by atoms with van der Waals surface area (Å²) < 4.78 is 39.2. The topological polar surface area (TPSA) is 102 Å². The summed E-state index contributed by atoms with van der Waals surface area (Å²) in [7, 11) is -2.31. The predicted octanol–water partition coefficient (Wildman–Crippen LogP) is 4.30. The summed E-state index contributed by atoms with van der Waals surface area (Å²) in [5.74, 6) is 0.352. The van der Waals surface area contributed by atoms with E-state index in [2.05, 4.69) is 25.4 Å². The number of carbonyl (C=O) groups excluding carboxylic acids is 1. The van der Waals surface area contributed by atoms with Gasteiger partial charge in [0.2, 0.25) is 15.9 Å². The number of rotatable bonds is 10. The molecule has 1 aromatic heterocycles. The molecule has 0 aliphatic carbocycles. The standard InChI is InChI=1S/C25H28ClN3O5S/c1-33-25(30)10-4-2-3-7-20-15-19(28-35(31,32)21-13-11-18(26)12-14-21)16-29(20)17-24-27-22-8-5-6-9-23(22)34-24/h3,5-9,11-14,19-20,28H,2,4,10,15-17H2,1H3/b7-3-/t19-,20-/m1/s1. The van der Waals surface area contributed by atoms with Crippen LogP contribution in [0.15, 0.2) is 70.0 Å². The smallest absolute Gasteiger partial charge is 0.305 e. The SMILES string of the molecule is COC(=O)CCC/C=C\[C@@H]1C[C@@H](NS(=O)(=O)c2ccc(Cl)cc2)CN1Cc1nc2ccccc2o1. The van der Waals surface area contributed by atoms with E-state index in [-0.39, 0.29) is 22.9 Å². The Labute approximate surface area is 210 Å². The largest absolute Gasteiger partial charge is 0.469 e. The lowest BCUT2D eigenvalue weighted by molar-refractivity contribution is -0.140. The lowest BCUT2D eigenvalue weighted by Gasteiger charge is -2.19. The van der Waals surface area contributed by atoms with Gasteiger partial charge in [-0.3, -0.25) is 9.69 Å². The second-order valence-electron chi connectivity index (χ2n) is 8.48. The molecule has 2 heterocycles. The van der Waals surface area contributed by atoms with Gasteiger partial charge in [-0.2, -0.15) is 0 Å². The van der Waals surface area contributed by atoms with E-state index in [1.807, 2.05) is 30.3 Å². The van der Waals surface area contributed by atoms with Crippen LogP contribution < -0.4 is 4.72 Å². The molecule has 1 N–H and O–H groups in total. The number of aromatic nitrogens is 1. The van der Waals surface area contributed by atoms with Gasteiger partial charge in [0.15, 0.2) is 5.58 Å². The monoisotopic (exact) mass is 517 g/mol. The Morgan fingerprint density at radius 2 is 2.03 bits per heavy atom. The normalized spacial score (nSPS) is 19.0. The van der Waals surface area contributed by atoms with Crippen molar-refractivity contribution in [1.82, 2.24) is 14.6 Å². The van der Waals surface area contributed by atoms with Crippen molar-refractivity contribution in [2.24, 2.45) is 0 Å². The number of benzene rings is 2. The molecule has 0 spiro atoms. The Morgan fingerprint density at radius 1 is 1.26 bits per heavy atom. The van der Waals surface area contributed by atoms with Gasteiger partial charge in [-0.1, -0.05) is 35.9 Å². The van der Waals surface area contributed by atoms with Crippen molar-refractivity contribution < 1.29 is 22.4 Å². The van der Waals surface area contributed by atoms with Crippen molar-refractivity contribution in [2.45, 2.75) is 49.2 Å². The van der Waals surface area contributed by atoms with Gasteiger partial charge in [0.25, 0.3) is 0 Å². The lowest BCUT2D eigenvalue weighted by atomic mass is 10.1. The third kappa shape index (κ3) is 6.70. The number of nitrogens with one attached hydrogen (secondary N) is 1. The molecule has 1 aliphatic rings. The van der Waals surface area contributed by atoms with Crippen LogP contribution in [0.25, 0.3) is 11.1 Å². The van der Waals surface area contributed by atoms with Gasteiger partial charge >= 0.3 is 5.97 Å². The molecule has 186 valence electrons. The van der Waals surface area contributed by atoms with E-state index in [4.69, 9.17) is 16.0 Å². The van der Waals surface area contributed by atoms with Crippen molar-refractivity contribution in [3.8, 4) is 0 Å². The van der Waals surface area contributed by atoms with Gasteiger partial charge in [0.1, 0.15) is 5.52 Å². The summed E-state index contributed by atoms with van der Waals surface area (Å²) in [6, 6.07) is 13.4. The van der Waals surface area contributed by atoms with Crippen LogP contribution in [-0.2, 0) is 26.1 Å². The molecule has 0 bridgehead atoms. The molecule has 1 aliphatic heterocycles. The van der Waals surface area contributed by atoms with E-state index in [0.717, 1.165) is 17.5 Å². The number of carbonyl (C=O) groups is 1. The van der Waals surface area contributed by atoms with E-state index in [1.54, 1.807) is 12.1 Å². The van der Waals surface area contributed by atoms with Crippen LogP contribution in [0.2, 0.25) is 5.02 Å². The van der Waals surface area contributed by atoms with Gasteiger partial charge in [-0.25, -0.2) is 18.1 Å². The first-order chi connectivity index (χ1) is 16.8. The van der Waals surface area contributed by atoms with Crippen molar-refractivity contribution in [2.75, 3.05) is 13.7 Å². The van der Waals surface area contributed by atoms with Gasteiger partial charge in [-0.15, -0.1) is 0 Å². The molecule has 0 radical (unpaired) electrons. The van der Waals surface area contributed by atoms with E-state index in [1.165, 1.54) is 19.2 Å². The highest BCUT2D eigenvalue weighted by molar-refractivity contribution is 7.89. The Hall–Kier alpha value is -2.72. The Morgan fingerprint density at radius 3 is 2.77 bits per heavy atom. The number of halogens is 1. The maximum Gasteiger partial charge on any atom is 0.305 e. The third-order valence-electron chi connectivity index (χ3n) is 5.91. The minimum absolute atomic E-state index is 0.0129. The van der Waals surface area contributed by atoms with Crippen LogP contribution in [0.3, 0.4) is 0 Å². The number of oxazole rings is 1. The fraction of sp³-hybridized carbons (Fsp3) is 0.360. The third-order valence-corrected chi connectivity index (χ3v) is 7.70. The summed E-state index contributed by atoms with van der Waals surface area (Å²) in [6.07, 6.45) is 6.47. The summed E-state index contributed by atoms with van der Waals surface area (Å²) >= 11 is 5.90. The fourth-order valence-corrected chi connectivity index (χ4v) is 5.55. The number of fused-ring (bicyclic) bond motifs is 1. The molecule has 0 amide bonds. The first-order valence-corrected chi connectivity index (χ1v) is 13.3. The van der Waals surface area contributed by atoms with Gasteiger partial charge in [-0.05, 0) is 55.7 Å². The van der Waals surface area contributed by atoms with Gasteiger partial charge in [0.05, 0.1) is 18.6 Å². The van der Waals surface area contributed by atoms with E-state index < -0.39 is 10.0 Å². The highest BCUT2D eigenvalue weighted by Gasteiger charge is 2.34. The van der Waals surface area contributed by atoms with Crippen molar-refractivity contribution >= 4 is 38.7 Å². The number of allylic oxidation sites excluding steroid dienone is 1. The second kappa shape index (κ2) is 11.3. The fourth-order valence-electron chi connectivity index (χ4n) is 4.18. The Balaban J connectivity index is 1.46. The van der Waals surface area contributed by atoms with Crippen LogP contribution in [0.5, 0.6) is 0 Å². The molecule has 8 nitrogen and oxygen atoms in total. The highest BCUT2D eigenvalue weighted by atomic mass is 35.5. The number of methoxy groups -OCH3 is 1. The summed E-state index contributed by atoms with van der Waals surface area (Å²) in [5, 5.41) is 0.478. The Kier molecular flexibility index (Phi) is 8.22. The van der Waals surface area contributed by atoms with Gasteiger partial charge < -0.3 is 9.15 Å². The summed E-state index contributed by atoms with van der Waals surface area (Å²) in [5.41, 5.74) is 1.51. The van der Waals surface area contributed by atoms with Crippen LogP contribution in [0, 0.1) is 0 Å². The molecule has 0 unspecified atom stereocenters. The number of ether oxygens (including phenoxy) is 1. The number of hydrogen-bond acceptors (Lipinski definition) is 7. The molecular weight excluding hydrogens is 490 g/mol. The average molecular weight is 518 g/mol. The molecule has 2 aromatic carbocycles. The minimum atomic E-state index is -3.69. The average Bonchev–Trinajstić information content (AvgIpc) is 3.41. The molecule has 2 atom stereocenters. The number of sulfonamides is 1. The number of esters is 1. The molecule has 35 heavy (non-hydrogen) atoms. The number of nitrogens with zero attached hydrogens (tertiary/aromatic N) is 2. The zero-order valence-corrected chi connectivity index (χ0v) is 21.0. The van der Waals surface area contributed by atoms with Crippen LogP contribution in [0.1, 0.15) is 31.6 Å². The van der Waals surface area contributed by atoms with Crippen molar-refractivity contribution in [3.05, 3.63) is 71.6 Å². The summed E-state index contributed by atoms with van der Waals surface area (Å²) in [6.45, 7) is 0.952. The molecule has 0 saturated carbocycles. The zero-order chi connectivity index (χ0) is 24.8. The first kappa shape index (κ1) is 25.4. The molecule has 3 aromatic rings. The van der Waals surface area contributed by atoms with Crippen LogP contribution in [-0.4, -0.2) is 50.0 Å². The Bertz CT molecular complexity index is 1260. The zero-order valence-electron chi connectivity index (χ0n) is 19.4. The number of likely N-dealkylation sites (tertiary alicyclic amines) is 1. The predicted molar refractivity (Wildman–Crippen MR) is 133 cm³/mol. The van der Waals surface area contributed by atoms with Crippen molar-refractivity contribution in [3.63, 3.8) is 0 Å². The second-order valence-corrected chi connectivity index (χ2v) is 10.6. The molecule has 4 rings (SSSR count). The lowest BCUT2D eigenvalue weighted by Crippen LogP contribution is -2.37. The van der Waals surface area contributed by atoms with Crippen LogP contribution >= 0.6 is 11.6 Å². The maximum atomic E-state index is 12.9.